The van der Waals surface area contributed by atoms with Crippen LogP contribution in [0.25, 0.3) is 0 Å². The topological polar surface area (TPSA) is 84.7 Å². The van der Waals surface area contributed by atoms with Crippen LogP contribution in [0.4, 0.5) is 0 Å². The Morgan fingerprint density at radius 2 is 2.38 bits per heavy atom. The number of nitrogens with two attached hydrogens (primary N) is 1. The Bertz CT molecular complexity index is 587. The molecule has 2 aliphatic rings. The first-order valence-electron chi connectivity index (χ1n) is 7.22. The van der Waals surface area contributed by atoms with E-state index in [2.05, 4.69) is 9.62 Å². The van der Waals surface area contributed by atoms with Crippen LogP contribution in [0.15, 0.2) is 16.3 Å². The van der Waals surface area contributed by atoms with E-state index in [1.54, 1.807) is 11.4 Å². The van der Waals surface area contributed by atoms with Crippen LogP contribution in [-0.4, -0.2) is 51.7 Å². The summed E-state index contributed by atoms with van der Waals surface area (Å²) < 4.78 is 33.1. The Morgan fingerprint density at radius 3 is 3.19 bits per heavy atom. The number of morpholine rings is 1. The average molecular weight is 331 g/mol. The number of nitrogens with one attached hydrogen (secondary N) is 1. The SMILES string of the molecule is NCc1sccc1S(=O)(=O)NCC1CN2CCCC2CO1. The van der Waals surface area contributed by atoms with Crippen molar-refractivity contribution >= 4 is 21.4 Å². The zero-order valence-electron chi connectivity index (χ0n) is 11.8. The van der Waals surface area contributed by atoms with E-state index in [0.29, 0.717) is 29.0 Å². The summed E-state index contributed by atoms with van der Waals surface area (Å²) in [6.45, 7) is 3.16. The molecule has 0 saturated carbocycles. The Balaban J connectivity index is 1.59. The van der Waals surface area contributed by atoms with E-state index in [-0.39, 0.29) is 12.6 Å². The van der Waals surface area contributed by atoms with Crippen molar-refractivity contribution in [3.05, 3.63) is 16.3 Å². The Kier molecular flexibility index (Phi) is 4.63. The maximum Gasteiger partial charge on any atom is 0.241 e. The van der Waals surface area contributed by atoms with Crippen LogP contribution in [0.2, 0.25) is 0 Å². The maximum atomic E-state index is 12.3. The first kappa shape index (κ1) is 15.4. The molecule has 3 N–H and O–H groups in total. The van der Waals surface area contributed by atoms with Gasteiger partial charge in [-0.3, -0.25) is 4.90 Å². The average Bonchev–Trinajstić information content (AvgIpc) is 3.13. The minimum absolute atomic E-state index is 0.0749. The number of thiophene rings is 1. The van der Waals surface area contributed by atoms with Crippen molar-refractivity contribution in [3.63, 3.8) is 0 Å². The number of nitrogens with zero attached hydrogens (tertiary/aromatic N) is 1. The van der Waals surface area contributed by atoms with Gasteiger partial charge in [-0.25, -0.2) is 13.1 Å². The summed E-state index contributed by atoms with van der Waals surface area (Å²) in [5.74, 6) is 0. The molecule has 6 nitrogen and oxygen atoms in total. The molecule has 0 bridgehead atoms. The van der Waals surface area contributed by atoms with Gasteiger partial charge in [-0.1, -0.05) is 0 Å². The third-order valence-electron chi connectivity index (χ3n) is 4.14. The highest BCUT2D eigenvalue weighted by Crippen LogP contribution is 2.23. The molecule has 2 aliphatic heterocycles. The summed E-state index contributed by atoms with van der Waals surface area (Å²) in [6.07, 6.45) is 2.32. The number of rotatable bonds is 5. The summed E-state index contributed by atoms with van der Waals surface area (Å²) in [5, 5.41) is 1.75. The molecule has 0 aromatic carbocycles. The minimum atomic E-state index is -3.50. The summed E-state index contributed by atoms with van der Waals surface area (Å²) >= 11 is 1.37. The predicted octanol–water partition coefficient (Wildman–Crippen LogP) is 0.348. The summed E-state index contributed by atoms with van der Waals surface area (Å²) in [7, 11) is -3.50. The third-order valence-corrected chi connectivity index (χ3v) is 6.72. The quantitative estimate of drug-likeness (QED) is 0.813. The van der Waals surface area contributed by atoms with Crippen LogP contribution >= 0.6 is 11.3 Å². The van der Waals surface area contributed by atoms with E-state index in [0.717, 1.165) is 13.1 Å². The second-order valence-electron chi connectivity index (χ2n) is 5.51. The van der Waals surface area contributed by atoms with E-state index >= 15 is 0 Å². The van der Waals surface area contributed by atoms with Crippen LogP contribution in [0, 0.1) is 0 Å². The van der Waals surface area contributed by atoms with Gasteiger partial charge in [0.1, 0.15) is 0 Å². The largest absolute Gasteiger partial charge is 0.374 e. The smallest absolute Gasteiger partial charge is 0.241 e. The van der Waals surface area contributed by atoms with Crippen molar-refractivity contribution in [2.75, 3.05) is 26.2 Å². The number of hydrogen-bond donors (Lipinski definition) is 2. The van der Waals surface area contributed by atoms with Crippen molar-refractivity contribution in [1.29, 1.82) is 0 Å². The molecule has 21 heavy (non-hydrogen) atoms. The molecule has 118 valence electrons. The highest BCUT2D eigenvalue weighted by Gasteiger charge is 2.32. The number of sulfonamides is 1. The van der Waals surface area contributed by atoms with E-state index < -0.39 is 10.0 Å². The zero-order valence-corrected chi connectivity index (χ0v) is 13.5. The van der Waals surface area contributed by atoms with Gasteiger partial charge in [0, 0.05) is 30.6 Å². The predicted molar refractivity (Wildman–Crippen MR) is 81.7 cm³/mol. The molecule has 1 aromatic heterocycles. The van der Waals surface area contributed by atoms with Gasteiger partial charge in [0.15, 0.2) is 0 Å². The van der Waals surface area contributed by atoms with Gasteiger partial charge in [0.25, 0.3) is 0 Å². The lowest BCUT2D eigenvalue weighted by Gasteiger charge is -2.35. The van der Waals surface area contributed by atoms with Crippen molar-refractivity contribution in [3.8, 4) is 0 Å². The molecule has 0 aliphatic carbocycles. The molecular formula is C13H21N3O3S2. The summed E-state index contributed by atoms with van der Waals surface area (Å²) in [5.41, 5.74) is 5.58. The van der Waals surface area contributed by atoms with Crippen LogP contribution < -0.4 is 10.5 Å². The van der Waals surface area contributed by atoms with Crippen molar-refractivity contribution in [1.82, 2.24) is 9.62 Å². The number of fused-ring (bicyclic) bond motifs is 1. The molecule has 2 atom stereocenters. The Hall–Kier alpha value is -0.510. The fraction of sp³-hybridized carbons (Fsp3) is 0.692. The fourth-order valence-corrected chi connectivity index (χ4v) is 5.41. The molecular weight excluding hydrogens is 310 g/mol. The second kappa shape index (κ2) is 6.31. The normalized spacial score (nSPS) is 26.9. The molecule has 0 radical (unpaired) electrons. The minimum Gasteiger partial charge on any atom is -0.374 e. The molecule has 2 saturated heterocycles. The first-order valence-corrected chi connectivity index (χ1v) is 9.58. The van der Waals surface area contributed by atoms with Gasteiger partial charge in [-0.05, 0) is 30.8 Å². The molecule has 0 amide bonds. The number of ether oxygens (including phenoxy) is 1. The van der Waals surface area contributed by atoms with E-state index in [1.165, 1.54) is 24.2 Å². The Labute approximate surface area is 129 Å². The van der Waals surface area contributed by atoms with Gasteiger partial charge in [-0.2, -0.15) is 0 Å². The van der Waals surface area contributed by atoms with Gasteiger partial charge < -0.3 is 10.5 Å². The molecule has 2 fully saturated rings. The molecule has 8 heteroatoms. The highest BCUT2D eigenvalue weighted by molar-refractivity contribution is 7.89. The van der Waals surface area contributed by atoms with Gasteiger partial charge in [0.2, 0.25) is 10.0 Å². The molecule has 0 spiro atoms. The van der Waals surface area contributed by atoms with Crippen LogP contribution in [0.5, 0.6) is 0 Å². The van der Waals surface area contributed by atoms with E-state index in [1.807, 2.05) is 0 Å². The van der Waals surface area contributed by atoms with Crippen LogP contribution in [0.3, 0.4) is 0 Å². The van der Waals surface area contributed by atoms with Gasteiger partial charge in [-0.15, -0.1) is 11.3 Å². The highest BCUT2D eigenvalue weighted by atomic mass is 32.2. The van der Waals surface area contributed by atoms with E-state index in [4.69, 9.17) is 10.5 Å². The molecule has 3 heterocycles. The lowest BCUT2D eigenvalue weighted by atomic mass is 10.2. The van der Waals surface area contributed by atoms with Crippen LogP contribution in [0.1, 0.15) is 17.7 Å². The molecule has 3 rings (SSSR count). The first-order chi connectivity index (χ1) is 10.1. The monoisotopic (exact) mass is 331 g/mol. The molecule has 1 aromatic rings. The lowest BCUT2D eigenvalue weighted by Crippen LogP contribution is -2.50. The van der Waals surface area contributed by atoms with Gasteiger partial charge in [0.05, 0.1) is 17.6 Å². The zero-order chi connectivity index (χ0) is 14.9. The maximum absolute atomic E-state index is 12.3. The van der Waals surface area contributed by atoms with Crippen LogP contribution in [-0.2, 0) is 21.3 Å². The summed E-state index contributed by atoms with van der Waals surface area (Å²) in [6, 6.07) is 2.13. The third kappa shape index (κ3) is 3.30. The van der Waals surface area contributed by atoms with Crippen molar-refractivity contribution in [2.24, 2.45) is 5.73 Å². The van der Waals surface area contributed by atoms with Crippen molar-refractivity contribution < 1.29 is 13.2 Å². The standard InChI is InChI=1S/C13H21N3O3S2/c14-6-12-13(3-5-20-12)21(17,18)15-7-11-8-16-4-1-2-10(16)9-19-11/h3,5,10-11,15H,1-2,4,6-9,14H2. The molecule has 2 unspecified atom stereocenters. The van der Waals surface area contributed by atoms with Gasteiger partial charge >= 0.3 is 0 Å². The fourth-order valence-electron chi connectivity index (χ4n) is 3.01. The van der Waals surface area contributed by atoms with E-state index in [9.17, 15) is 8.42 Å². The Morgan fingerprint density at radius 1 is 1.52 bits per heavy atom. The second-order valence-corrected chi connectivity index (χ2v) is 8.25. The lowest BCUT2D eigenvalue weighted by molar-refractivity contribution is -0.0449. The number of hydrogen-bond acceptors (Lipinski definition) is 6. The van der Waals surface area contributed by atoms with Crippen molar-refractivity contribution in [2.45, 2.75) is 36.4 Å². The summed E-state index contributed by atoms with van der Waals surface area (Å²) in [4.78, 5) is 3.38.